The molecular weight excluding hydrogens is 176 g/mol. The summed E-state index contributed by atoms with van der Waals surface area (Å²) in [6.07, 6.45) is 2.82. The van der Waals surface area contributed by atoms with Crippen LogP contribution in [0.2, 0.25) is 0 Å². The summed E-state index contributed by atoms with van der Waals surface area (Å²) >= 11 is 0. The number of hydrogen-bond acceptors (Lipinski definition) is 3. The molecule has 0 aliphatic heterocycles. The fourth-order valence-corrected chi connectivity index (χ4v) is 1.47. The van der Waals surface area contributed by atoms with E-state index in [1.807, 2.05) is 6.07 Å². The fourth-order valence-electron chi connectivity index (χ4n) is 1.47. The van der Waals surface area contributed by atoms with Gasteiger partial charge in [0.2, 0.25) is 0 Å². The highest BCUT2D eigenvalue weighted by Crippen LogP contribution is 2.25. The molecule has 1 heterocycles. The number of nitrogens with zero attached hydrogens (tertiary/aromatic N) is 1. The molecule has 14 heavy (non-hydrogen) atoms. The first-order chi connectivity index (χ1) is 6.54. The van der Waals surface area contributed by atoms with Gasteiger partial charge in [-0.3, -0.25) is 4.98 Å². The maximum Gasteiger partial charge on any atom is 0.0955 e. The highest BCUT2D eigenvalue weighted by Gasteiger charge is 2.17. The monoisotopic (exact) mass is 194 g/mol. The van der Waals surface area contributed by atoms with Crippen molar-refractivity contribution in [2.75, 3.05) is 0 Å². The topological polar surface area (TPSA) is 59.1 Å². The van der Waals surface area contributed by atoms with E-state index in [2.05, 4.69) is 18.8 Å². The first-order valence-electron chi connectivity index (χ1n) is 4.91. The average Bonchev–Trinajstić information content (AvgIpc) is 2.16. The van der Waals surface area contributed by atoms with Crippen molar-refractivity contribution in [1.29, 1.82) is 0 Å². The Kier molecular flexibility index (Phi) is 3.61. The van der Waals surface area contributed by atoms with Gasteiger partial charge in [0, 0.05) is 24.0 Å². The summed E-state index contributed by atoms with van der Waals surface area (Å²) in [6.45, 7) is 5.97. The van der Waals surface area contributed by atoms with Crippen molar-refractivity contribution in [3.05, 3.63) is 29.6 Å². The number of aliphatic hydroxyl groups is 1. The van der Waals surface area contributed by atoms with Crippen LogP contribution in [-0.2, 0) is 0 Å². The molecule has 1 rings (SSSR count). The standard InChI is InChI=1S/C11H18N2O/c1-7(2)9-4-5-13-6-10(9)11(14)8(3)12/h4-8,11,14H,12H2,1-3H3. The van der Waals surface area contributed by atoms with Gasteiger partial charge in [0.25, 0.3) is 0 Å². The Morgan fingerprint density at radius 3 is 2.43 bits per heavy atom. The Labute approximate surface area is 85.0 Å². The van der Waals surface area contributed by atoms with Crippen LogP contribution in [0.5, 0.6) is 0 Å². The summed E-state index contributed by atoms with van der Waals surface area (Å²) in [4.78, 5) is 4.02. The highest BCUT2D eigenvalue weighted by atomic mass is 16.3. The van der Waals surface area contributed by atoms with Crippen LogP contribution < -0.4 is 5.73 Å². The van der Waals surface area contributed by atoms with Crippen molar-refractivity contribution in [2.24, 2.45) is 5.73 Å². The predicted octanol–water partition coefficient (Wildman–Crippen LogP) is 1.59. The van der Waals surface area contributed by atoms with E-state index in [-0.39, 0.29) is 6.04 Å². The molecule has 0 spiro atoms. The first-order valence-corrected chi connectivity index (χ1v) is 4.91. The Morgan fingerprint density at radius 2 is 1.93 bits per heavy atom. The van der Waals surface area contributed by atoms with Crippen molar-refractivity contribution < 1.29 is 5.11 Å². The SMILES string of the molecule is CC(C)c1ccncc1C(O)C(C)N. The molecule has 1 aromatic rings. The number of hydrogen-bond donors (Lipinski definition) is 2. The molecule has 0 aliphatic carbocycles. The van der Waals surface area contributed by atoms with Crippen LogP contribution in [0.25, 0.3) is 0 Å². The van der Waals surface area contributed by atoms with Crippen LogP contribution in [0.4, 0.5) is 0 Å². The molecule has 3 nitrogen and oxygen atoms in total. The molecular formula is C11H18N2O. The summed E-state index contributed by atoms with van der Waals surface area (Å²) in [5, 5.41) is 9.86. The molecule has 0 radical (unpaired) electrons. The molecule has 0 fully saturated rings. The largest absolute Gasteiger partial charge is 0.387 e. The fraction of sp³-hybridized carbons (Fsp3) is 0.545. The average molecular weight is 194 g/mol. The van der Waals surface area contributed by atoms with E-state index in [1.54, 1.807) is 19.3 Å². The number of aromatic nitrogens is 1. The van der Waals surface area contributed by atoms with Crippen LogP contribution in [0.15, 0.2) is 18.5 Å². The summed E-state index contributed by atoms with van der Waals surface area (Å²) in [5.41, 5.74) is 7.62. The highest BCUT2D eigenvalue weighted by molar-refractivity contribution is 5.29. The van der Waals surface area contributed by atoms with E-state index in [4.69, 9.17) is 5.73 Å². The van der Waals surface area contributed by atoms with Crippen molar-refractivity contribution in [3.63, 3.8) is 0 Å². The van der Waals surface area contributed by atoms with Gasteiger partial charge < -0.3 is 10.8 Å². The molecule has 2 atom stereocenters. The van der Waals surface area contributed by atoms with E-state index in [0.717, 1.165) is 11.1 Å². The Balaban J connectivity index is 3.06. The molecule has 0 bridgehead atoms. The second kappa shape index (κ2) is 4.53. The number of nitrogens with two attached hydrogens (primary N) is 1. The second-order valence-electron chi connectivity index (χ2n) is 3.96. The predicted molar refractivity (Wildman–Crippen MR) is 56.9 cm³/mol. The van der Waals surface area contributed by atoms with Crippen molar-refractivity contribution in [2.45, 2.75) is 38.8 Å². The normalized spacial score (nSPS) is 15.6. The molecule has 78 valence electrons. The molecule has 0 saturated heterocycles. The summed E-state index contributed by atoms with van der Waals surface area (Å²) in [7, 11) is 0. The van der Waals surface area contributed by atoms with Gasteiger partial charge in [0.05, 0.1) is 6.10 Å². The Morgan fingerprint density at radius 1 is 1.29 bits per heavy atom. The quantitative estimate of drug-likeness (QED) is 0.768. The molecule has 0 aliphatic rings. The molecule has 0 aromatic carbocycles. The Bertz CT molecular complexity index is 297. The van der Waals surface area contributed by atoms with E-state index in [0.29, 0.717) is 5.92 Å². The molecule has 3 heteroatoms. The maximum atomic E-state index is 9.86. The zero-order valence-corrected chi connectivity index (χ0v) is 8.94. The summed E-state index contributed by atoms with van der Waals surface area (Å²) in [5.74, 6) is 0.376. The lowest BCUT2D eigenvalue weighted by atomic mass is 9.94. The lowest BCUT2D eigenvalue weighted by Gasteiger charge is -2.19. The lowest BCUT2D eigenvalue weighted by molar-refractivity contribution is 0.151. The van der Waals surface area contributed by atoms with Crippen LogP contribution in [-0.4, -0.2) is 16.1 Å². The Hall–Kier alpha value is -0.930. The van der Waals surface area contributed by atoms with Gasteiger partial charge in [-0.1, -0.05) is 13.8 Å². The van der Waals surface area contributed by atoms with Crippen LogP contribution in [0, 0.1) is 0 Å². The zero-order valence-electron chi connectivity index (χ0n) is 8.94. The van der Waals surface area contributed by atoms with Gasteiger partial charge in [-0.15, -0.1) is 0 Å². The minimum Gasteiger partial charge on any atom is -0.387 e. The molecule has 1 aromatic heterocycles. The number of rotatable bonds is 3. The van der Waals surface area contributed by atoms with Gasteiger partial charge in [0.15, 0.2) is 0 Å². The lowest BCUT2D eigenvalue weighted by Crippen LogP contribution is -2.25. The first kappa shape index (κ1) is 11.1. The molecule has 3 N–H and O–H groups in total. The third kappa shape index (κ3) is 2.30. The van der Waals surface area contributed by atoms with Crippen molar-refractivity contribution in [1.82, 2.24) is 4.98 Å². The van der Waals surface area contributed by atoms with Crippen LogP contribution >= 0.6 is 0 Å². The number of aliphatic hydroxyl groups excluding tert-OH is 1. The van der Waals surface area contributed by atoms with Gasteiger partial charge >= 0.3 is 0 Å². The third-order valence-corrected chi connectivity index (χ3v) is 2.33. The van der Waals surface area contributed by atoms with E-state index >= 15 is 0 Å². The molecule has 2 unspecified atom stereocenters. The molecule has 0 saturated carbocycles. The van der Waals surface area contributed by atoms with Crippen molar-refractivity contribution in [3.8, 4) is 0 Å². The van der Waals surface area contributed by atoms with Gasteiger partial charge in [-0.05, 0) is 24.5 Å². The van der Waals surface area contributed by atoms with Gasteiger partial charge in [-0.25, -0.2) is 0 Å². The van der Waals surface area contributed by atoms with E-state index in [9.17, 15) is 5.11 Å². The number of pyridine rings is 1. The summed E-state index contributed by atoms with van der Waals surface area (Å²) in [6, 6.07) is 1.67. The van der Waals surface area contributed by atoms with Crippen molar-refractivity contribution >= 4 is 0 Å². The van der Waals surface area contributed by atoms with E-state index < -0.39 is 6.10 Å². The second-order valence-corrected chi connectivity index (χ2v) is 3.96. The van der Waals surface area contributed by atoms with Gasteiger partial charge in [0.1, 0.15) is 0 Å². The summed E-state index contributed by atoms with van der Waals surface area (Å²) < 4.78 is 0. The zero-order chi connectivity index (χ0) is 10.7. The molecule has 0 amide bonds. The van der Waals surface area contributed by atoms with E-state index in [1.165, 1.54) is 0 Å². The minimum absolute atomic E-state index is 0.267. The smallest absolute Gasteiger partial charge is 0.0955 e. The van der Waals surface area contributed by atoms with Gasteiger partial charge in [-0.2, -0.15) is 0 Å². The van der Waals surface area contributed by atoms with Crippen LogP contribution in [0.3, 0.4) is 0 Å². The third-order valence-electron chi connectivity index (χ3n) is 2.33. The maximum absolute atomic E-state index is 9.86. The minimum atomic E-state index is -0.624. The van der Waals surface area contributed by atoms with Crippen LogP contribution in [0.1, 0.15) is 43.9 Å².